The predicted octanol–water partition coefficient (Wildman–Crippen LogP) is 12.6. The lowest BCUT2D eigenvalue weighted by atomic mass is 9.83. The van der Waals surface area contributed by atoms with Crippen LogP contribution in [0.1, 0.15) is 146 Å². The van der Waals surface area contributed by atoms with E-state index in [1.54, 1.807) is 28.8 Å². The summed E-state index contributed by atoms with van der Waals surface area (Å²) < 4.78 is 1.34. The minimum absolute atomic E-state index is 0. The molecule has 4 aromatic rings. The normalized spacial score (nSPS) is 16.4. The summed E-state index contributed by atoms with van der Waals surface area (Å²) in [6.07, 6.45) is 19.4. The van der Waals surface area contributed by atoms with E-state index in [9.17, 15) is 20.4 Å². The lowest BCUT2D eigenvalue weighted by Crippen LogP contribution is -2.26. The highest BCUT2D eigenvalue weighted by molar-refractivity contribution is 9.10. The fraction of sp³-hybridized carbons (Fsp3) is 0.467. The maximum Gasteiger partial charge on any atom is 0.499 e. The van der Waals surface area contributed by atoms with Crippen LogP contribution in [0, 0.1) is 0 Å². The Balaban J connectivity index is 0.000000245. The second kappa shape index (κ2) is 23.3. The second-order valence-corrected chi connectivity index (χ2v) is 17.3. The van der Waals surface area contributed by atoms with Gasteiger partial charge < -0.3 is 30.5 Å². The van der Waals surface area contributed by atoms with Gasteiger partial charge in [0.2, 0.25) is 0 Å². The van der Waals surface area contributed by atoms with Crippen LogP contribution in [0.5, 0.6) is 23.0 Å². The molecule has 2 aromatic heterocycles. The third kappa shape index (κ3) is 13.0. The van der Waals surface area contributed by atoms with Crippen molar-refractivity contribution in [2.75, 3.05) is 0 Å². The Bertz CT molecular complexity index is 1820. The molecule has 10 heteroatoms. The molecule has 0 radical (unpaired) electrons. The minimum Gasteiger partial charge on any atom is -0.507 e. The summed E-state index contributed by atoms with van der Waals surface area (Å²) >= 11 is 6.50. The summed E-state index contributed by atoms with van der Waals surface area (Å²) in [4.78, 5) is 1.08. The number of aryl methyl sites for hydroxylation is 2. The quantitative estimate of drug-likeness (QED) is 0.0480. The summed E-state index contributed by atoms with van der Waals surface area (Å²) in [7, 11) is -1.30. The Kier molecular flexibility index (Phi) is 19.6. The SMILES string of the molecule is C.CCCCCc1cc(O)c(C2C=C(C)CCC2)c(O)c1-c1cccs1.CCCCCc1cc(O)c(C2C=C(C)CCC2)c(O)c1Br.OB(O)c1cccs1. The van der Waals surface area contributed by atoms with Gasteiger partial charge in [-0.25, -0.2) is 0 Å². The fourth-order valence-electron chi connectivity index (χ4n) is 7.47. The first-order valence-corrected chi connectivity index (χ1v) is 22.1. The van der Waals surface area contributed by atoms with E-state index in [4.69, 9.17) is 10.0 Å². The number of hydrogen-bond acceptors (Lipinski definition) is 8. The van der Waals surface area contributed by atoms with Crippen molar-refractivity contribution in [3.63, 3.8) is 0 Å². The number of hydrogen-bond donors (Lipinski definition) is 6. The van der Waals surface area contributed by atoms with Gasteiger partial charge in [-0.15, -0.1) is 11.3 Å². The third-order valence-electron chi connectivity index (χ3n) is 10.3. The zero-order valence-corrected chi connectivity index (χ0v) is 35.5. The van der Waals surface area contributed by atoms with Gasteiger partial charge >= 0.3 is 7.12 Å². The molecule has 2 atom stereocenters. The van der Waals surface area contributed by atoms with Crippen LogP contribution < -0.4 is 4.78 Å². The average Bonchev–Trinajstić information content (AvgIpc) is 3.88. The third-order valence-corrected chi connectivity index (χ3v) is 13.0. The van der Waals surface area contributed by atoms with Crippen molar-refractivity contribution < 1.29 is 30.5 Å². The Morgan fingerprint density at radius 2 is 1.22 bits per heavy atom. The van der Waals surface area contributed by atoms with Crippen molar-refractivity contribution in [2.45, 2.75) is 137 Å². The highest BCUT2D eigenvalue weighted by Crippen LogP contribution is 2.49. The lowest BCUT2D eigenvalue weighted by Gasteiger charge is -2.24. The number of allylic oxidation sites excluding steroid dienone is 4. The minimum atomic E-state index is -1.30. The van der Waals surface area contributed by atoms with Crippen LogP contribution in [0.3, 0.4) is 0 Å². The van der Waals surface area contributed by atoms with E-state index in [1.165, 1.54) is 35.3 Å². The highest BCUT2D eigenvalue weighted by atomic mass is 79.9. The first-order valence-electron chi connectivity index (χ1n) is 19.5. The number of unbranched alkanes of at least 4 members (excludes halogenated alkanes) is 4. The first-order chi connectivity index (χ1) is 26.0. The maximum absolute atomic E-state index is 11.1. The molecular formula is C45H62BBrO6S2. The summed E-state index contributed by atoms with van der Waals surface area (Å²) in [6.45, 7) is 8.62. The number of rotatable bonds is 12. The van der Waals surface area contributed by atoms with Crippen molar-refractivity contribution in [2.24, 2.45) is 0 Å². The number of phenols is 4. The standard InChI is InChI=1S/C22H28O2S.C18H25BrO2.C4H5BO2S.CH4/c1-3-4-5-9-17-14-18(23)20(16-10-6-8-15(2)13-16)22(24)21(17)19-11-7-12-25-19;1-3-4-5-8-14-11-15(20)16(18(21)17(14)19)13-9-6-7-12(2)10-13;6-5(7)4-2-1-3-8-4;/h7,11-14,16,23-24H,3-6,8-10H2,1-2H3;10-11,13,20-21H,3-9H2,1-2H3;1-3,6-7H;1H4. The Morgan fingerprint density at radius 3 is 1.67 bits per heavy atom. The Morgan fingerprint density at radius 1 is 0.709 bits per heavy atom. The summed E-state index contributed by atoms with van der Waals surface area (Å²) in [5, 5.41) is 63.5. The van der Waals surface area contributed by atoms with Crippen molar-refractivity contribution in [3.05, 3.63) is 97.2 Å². The molecule has 55 heavy (non-hydrogen) atoms. The van der Waals surface area contributed by atoms with Gasteiger partial charge in [0.1, 0.15) is 23.0 Å². The summed E-state index contributed by atoms with van der Waals surface area (Å²) in [5.74, 6) is 1.22. The molecule has 2 aromatic carbocycles. The van der Waals surface area contributed by atoms with Crippen molar-refractivity contribution >= 4 is 50.5 Å². The van der Waals surface area contributed by atoms with E-state index in [-0.39, 0.29) is 42.3 Å². The molecule has 2 aliphatic carbocycles. The second-order valence-electron chi connectivity index (χ2n) is 14.6. The van der Waals surface area contributed by atoms with Gasteiger partial charge in [-0.1, -0.05) is 88.5 Å². The largest absolute Gasteiger partial charge is 0.507 e. The van der Waals surface area contributed by atoms with Crippen molar-refractivity contribution in [1.82, 2.24) is 0 Å². The molecule has 0 fully saturated rings. The van der Waals surface area contributed by atoms with Crippen LogP contribution in [0.15, 0.2) is 74.9 Å². The van der Waals surface area contributed by atoms with Crippen LogP contribution in [0.4, 0.5) is 0 Å². The molecule has 6 N–H and O–H groups in total. The molecule has 300 valence electrons. The molecule has 2 aliphatic rings. The van der Waals surface area contributed by atoms with Crippen molar-refractivity contribution in [1.29, 1.82) is 0 Å². The van der Waals surface area contributed by atoms with Crippen LogP contribution in [0.25, 0.3) is 10.4 Å². The van der Waals surface area contributed by atoms with Crippen LogP contribution in [0.2, 0.25) is 0 Å². The molecule has 6 rings (SSSR count). The van der Waals surface area contributed by atoms with E-state index in [2.05, 4.69) is 61.8 Å². The first kappa shape index (κ1) is 46.4. The summed E-state index contributed by atoms with van der Waals surface area (Å²) in [5.41, 5.74) is 7.07. The lowest BCUT2D eigenvalue weighted by molar-refractivity contribution is 0.424. The van der Waals surface area contributed by atoms with E-state index in [1.807, 2.05) is 23.6 Å². The number of phenolic OH excluding ortho intramolecular Hbond substituents is 4. The van der Waals surface area contributed by atoms with E-state index in [0.29, 0.717) is 15.9 Å². The van der Waals surface area contributed by atoms with Gasteiger partial charge in [-0.05, 0) is 134 Å². The van der Waals surface area contributed by atoms with Crippen LogP contribution in [-0.4, -0.2) is 37.6 Å². The topological polar surface area (TPSA) is 121 Å². The summed E-state index contributed by atoms with van der Waals surface area (Å²) in [6, 6.07) is 11.3. The molecule has 0 spiro atoms. The fourth-order valence-corrected chi connectivity index (χ4v) is 9.40. The van der Waals surface area contributed by atoms with Gasteiger partial charge in [0.05, 0.1) is 4.47 Å². The maximum atomic E-state index is 11.1. The molecule has 6 nitrogen and oxygen atoms in total. The van der Waals surface area contributed by atoms with Gasteiger partial charge in [0, 0.05) is 38.2 Å². The van der Waals surface area contributed by atoms with E-state index < -0.39 is 7.12 Å². The molecule has 0 bridgehead atoms. The number of halogens is 1. The van der Waals surface area contributed by atoms with Crippen molar-refractivity contribution in [3.8, 4) is 33.4 Å². The number of aromatic hydroxyl groups is 4. The van der Waals surface area contributed by atoms with Crippen LogP contribution in [-0.2, 0) is 12.8 Å². The van der Waals surface area contributed by atoms with Gasteiger partial charge in [0.15, 0.2) is 0 Å². The highest BCUT2D eigenvalue weighted by Gasteiger charge is 2.26. The average molecular weight is 854 g/mol. The van der Waals surface area contributed by atoms with E-state index in [0.717, 1.165) is 103 Å². The molecule has 0 aliphatic heterocycles. The molecule has 0 amide bonds. The Labute approximate surface area is 346 Å². The zero-order valence-electron chi connectivity index (χ0n) is 32.3. The molecule has 0 saturated heterocycles. The number of thiophene rings is 2. The Hall–Kier alpha value is -3.02. The molecule has 2 heterocycles. The molecule has 0 saturated carbocycles. The van der Waals surface area contributed by atoms with Gasteiger partial charge in [-0.3, -0.25) is 0 Å². The molecular weight excluding hydrogens is 791 g/mol. The van der Waals surface area contributed by atoms with Gasteiger partial charge in [-0.2, -0.15) is 11.3 Å². The van der Waals surface area contributed by atoms with Gasteiger partial charge in [0.25, 0.3) is 0 Å². The smallest absolute Gasteiger partial charge is 0.499 e. The van der Waals surface area contributed by atoms with Crippen LogP contribution >= 0.6 is 38.6 Å². The monoisotopic (exact) mass is 852 g/mol. The molecule has 2 unspecified atom stereocenters. The number of benzene rings is 2. The zero-order chi connectivity index (χ0) is 39.2. The van der Waals surface area contributed by atoms with E-state index >= 15 is 0 Å². The predicted molar refractivity (Wildman–Crippen MR) is 239 cm³/mol.